The zero-order valence-electron chi connectivity index (χ0n) is 17.4. The summed E-state index contributed by atoms with van der Waals surface area (Å²) < 4.78 is 11.6. The normalized spacial score (nSPS) is 10.8. The second-order valence-electron chi connectivity index (χ2n) is 7.30. The predicted octanol–water partition coefficient (Wildman–Crippen LogP) is 6.37. The van der Waals surface area contributed by atoms with Crippen LogP contribution in [-0.2, 0) is 6.61 Å². The van der Waals surface area contributed by atoms with Gasteiger partial charge in [-0.3, -0.25) is 4.79 Å². The Morgan fingerprint density at radius 3 is 2.70 bits per heavy atom. The lowest BCUT2D eigenvalue weighted by Gasteiger charge is -2.10. The van der Waals surface area contributed by atoms with Gasteiger partial charge in [-0.1, -0.05) is 48.0 Å². The molecule has 0 bridgehead atoms. The number of rotatable bonds is 6. The van der Waals surface area contributed by atoms with Gasteiger partial charge < -0.3 is 14.5 Å². The maximum Gasteiger partial charge on any atom is 0.255 e. The van der Waals surface area contributed by atoms with Crippen LogP contribution in [0.25, 0.3) is 22.7 Å². The molecule has 162 valence electrons. The van der Waals surface area contributed by atoms with Gasteiger partial charge in [0.05, 0.1) is 10.6 Å². The van der Waals surface area contributed by atoms with E-state index in [4.69, 9.17) is 20.8 Å². The summed E-state index contributed by atoms with van der Waals surface area (Å²) in [7, 11) is 0. The third-order valence-corrected chi connectivity index (χ3v) is 5.29. The molecule has 7 heteroatoms. The number of nitrogens with zero attached hydrogens (tertiary/aromatic N) is 2. The van der Waals surface area contributed by atoms with E-state index in [1.165, 1.54) is 0 Å². The van der Waals surface area contributed by atoms with Crippen molar-refractivity contribution in [3.05, 3.63) is 107 Å². The molecule has 5 aromatic rings. The van der Waals surface area contributed by atoms with Crippen molar-refractivity contribution in [3.8, 4) is 17.2 Å². The average molecular weight is 456 g/mol. The number of anilines is 1. The van der Waals surface area contributed by atoms with Crippen LogP contribution < -0.4 is 10.1 Å². The number of carbonyl (C=O) groups excluding carboxylic acids is 1. The minimum atomic E-state index is -0.271. The highest BCUT2D eigenvalue weighted by atomic mass is 35.5. The lowest BCUT2D eigenvalue weighted by Crippen LogP contribution is -2.12. The molecule has 0 aliphatic rings. The molecule has 0 radical (unpaired) electrons. The molecule has 0 fully saturated rings. The summed E-state index contributed by atoms with van der Waals surface area (Å²) >= 11 is 6.37. The number of carbonyl (C=O) groups is 1. The first-order chi connectivity index (χ1) is 16.2. The van der Waals surface area contributed by atoms with Crippen molar-refractivity contribution in [1.82, 2.24) is 9.97 Å². The van der Waals surface area contributed by atoms with E-state index in [0.717, 1.165) is 5.56 Å². The second-order valence-corrected chi connectivity index (χ2v) is 7.70. The highest BCUT2D eigenvalue weighted by molar-refractivity contribution is 6.33. The van der Waals surface area contributed by atoms with Crippen LogP contribution in [0.5, 0.6) is 5.75 Å². The number of halogens is 1. The van der Waals surface area contributed by atoms with Gasteiger partial charge in [0.15, 0.2) is 11.2 Å². The first-order valence-corrected chi connectivity index (χ1v) is 10.6. The second kappa shape index (κ2) is 9.14. The van der Waals surface area contributed by atoms with E-state index in [0.29, 0.717) is 51.3 Å². The minimum absolute atomic E-state index is 0.271. The van der Waals surface area contributed by atoms with E-state index >= 15 is 0 Å². The summed E-state index contributed by atoms with van der Waals surface area (Å²) in [5.74, 6) is 0.677. The van der Waals surface area contributed by atoms with E-state index in [9.17, 15) is 4.79 Å². The highest BCUT2D eigenvalue weighted by Gasteiger charge is 2.15. The van der Waals surface area contributed by atoms with Crippen molar-refractivity contribution in [1.29, 1.82) is 0 Å². The molecule has 0 spiro atoms. The molecule has 6 nitrogen and oxygen atoms in total. The highest BCUT2D eigenvalue weighted by Crippen LogP contribution is 2.32. The summed E-state index contributed by atoms with van der Waals surface area (Å²) in [5.41, 5.74) is 3.70. The molecule has 2 heterocycles. The van der Waals surface area contributed by atoms with Gasteiger partial charge in [-0.15, -0.1) is 0 Å². The Morgan fingerprint density at radius 1 is 0.970 bits per heavy atom. The number of nitrogens with one attached hydrogen (secondary N) is 1. The number of pyridine rings is 1. The predicted molar refractivity (Wildman–Crippen MR) is 127 cm³/mol. The molecule has 2 aromatic heterocycles. The molecule has 0 aliphatic heterocycles. The zero-order valence-corrected chi connectivity index (χ0v) is 18.1. The number of amides is 1. The lowest BCUT2D eigenvalue weighted by molar-refractivity contribution is 0.102. The largest absolute Gasteiger partial charge is 0.489 e. The Kier molecular flexibility index (Phi) is 5.74. The molecular weight excluding hydrogens is 438 g/mol. The summed E-state index contributed by atoms with van der Waals surface area (Å²) in [6.07, 6.45) is 1.64. The molecule has 33 heavy (non-hydrogen) atoms. The van der Waals surface area contributed by atoms with Crippen LogP contribution in [0.2, 0.25) is 5.02 Å². The van der Waals surface area contributed by atoms with E-state index in [-0.39, 0.29) is 5.91 Å². The van der Waals surface area contributed by atoms with Crippen LogP contribution in [0.4, 0.5) is 5.69 Å². The maximum atomic E-state index is 12.9. The van der Waals surface area contributed by atoms with Crippen LogP contribution in [0.3, 0.4) is 0 Å². The molecule has 1 N–H and O–H groups in total. The first-order valence-electron chi connectivity index (χ1n) is 10.3. The van der Waals surface area contributed by atoms with Gasteiger partial charge in [0.25, 0.3) is 5.91 Å². The lowest BCUT2D eigenvalue weighted by atomic mass is 10.1. The molecular formula is C26H18ClN3O3. The minimum Gasteiger partial charge on any atom is -0.489 e. The zero-order chi connectivity index (χ0) is 22.6. The molecule has 5 rings (SSSR count). The van der Waals surface area contributed by atoms with Gasteiger partial charge in [-0.25, -0.2) is 4.98 Å². The summed E-state index contributed by atoms with van der Waals surface area (Å²) in [4.78, 5) is 21.4. The summed E-state index contributed by atoms with van der Waals surface area (Å²) in [5, 5.41) is 3.35. The fourth-order valence-electron chi connectivity index (χ4n) is 3.32. The van der Waals surface area contributed by atoms with Crippen molar-refractivity contribution in [2.24, 2.45) is 0 Å². The van der Waals surface area contributed by atoms with E-state index < -0.39 is 0 Å². The van der Waals surface area contributed by atoms with Gasteiger partial charge >= 0.3 is 0 Å². The third kappa shape index (κ3) is 4.71. The standard InChI is InChI=1S/C26H18ClN3O3/c27-22-12-11-19(15-21(22)26-30-24-23(33-26)10-5-13-28-24)29-25(31)18-8-4-9-20(14-18)32-16-17-6-2-1-3-7-17/h1-15H,16H2,(H,29,31). The fourth-order valence-corrected chi connectivity index (χ4v) is 3.52. The number of fused-ring (bicyclic) bond motifs is 1. The number of ether oxygens (including phenoxy) is 1. The quantitative estimate of drug-likeness (QED) is 0.321. The molecule has 0 saturated heterocycles. The van der Waals surface area contributed by atoms with E-state index in [1.54, 1.807) is 54.7 Å². The van der Waals surface area contributed by atoms with Gasteiger partial charge in [0.1, 0.15) is 12.4 Å². The van der Waals surface area contributed by atoms with Crippen molar-refractivity contribution < 1.29 is 13.9 Å². The van der Waals surface area contributed by atoms with Gasteiger partial charge in [0.2, 0.25) is 5.89 Å². The van der Waals surface area contributed by atoms with Gasteiger partial charge in [-0.05, 0) is 54.1 Å². The van der Waals surface area contributed by atoms with Crippen LogP contribution in [0.15, 0.2) is 95.5 Å². The van der Waals surface area contributed by atoms with Crippen molar-refractivity contribution in [2.75, 3.05) is 5.32 Å². The maximum absolute atomic E-state index is 12.9. The first kappa shape index (κ1) is 20.7. The number of hydrogen-bond donors (Lipinski definition) is 1. The van der Waals surface area contributed by atoms with E-state index in [2.05, 4.69) is 15.3 Å². The average Bonchev–Trinajstić information content (AvgIpc) is 3.29. The van der Waals surface area contributed by atoms with Crippen LogP contribution in [0, 0.1) is 0 Å². The number of aromatic nitrogens is 2. The smallest absolute Gasteiger partial charge is 0.255 e. The molecule has 0 atom stereocenters. The van der Waals surface area contributed by atoms with E-state index in [1.807, 2.05) is 36.4 Å². The fraction of sp³-hybridized carbons (Fsp3) is 0.0385. The number of hydrogen-bond acceptors (Lipinski definition) is 5. The SMILES string of the molecule is O=C(Nc1ccc(Cl)c(-c2nc3ncccc3o2)c1)c1cccc(OCc2ccccc2)c1. The third-order valence-electron chi connectivity index (χ3n) is 4.96. The molecule has 0 aliphatic carbocycles. The Labute approximate surface area is 194 Å². The van der Waals surface area contributed by atoms with Crippen molar-refractivity contribution >= 4 is 34.4 Å². The van der Waals surface area contributed by atoms with Gasteiger partial charge in [-0.2, -0.15) is 4.98 Å². The Balaban J connectivity index is 1.33. The molecule has 3 aromatic carbocycles. The van der Waals surface area contributed by atoms with Crippen LogP contribution >= 0.6 is 11.6 Å². The Morgan fingerprint density at radius 2 is 1.85 bits per heavy atom. The summed E-state index contributed by atoms with van der Waals surface area (Å²) in [6.45, 7) is 0.422. The Bertz CT molecular complexity index is 1400. The number of oxazole rings is 1. The number of benzene rings is 3. The molecule has 0 saturated carbocycles. The van der Waals surface area contributed by atoms with Crippen molar-refractivity contribution in [3.63, 3.8) is 0 Å². The van der Waals surface area contributed by atoms with Crippen molar-refractivity contribution in [2.45, 2.75) is 6.61 Å². The van der Waals surface area contributed by atoms with Gasteiger partial charge in [0, 0.05) is 17.4 Å². The molecule has 1 amide bonds. The van der Waals surface area contributed by atoms with Crippen LogP contribution in [0.1, 0.15) is 15.9 Å². The topological polar surface area (TPSA) is 77.3 Å². The Hall–Kier alpha value is -4.16. The van der Waals surface area contributed by atoms with Crippen LogP contribution in [-0.4, -0.2) is 15.9 Å². The molecule has 0 unspecified atom stereocenters. The monoisotopic (exact) mass is 455 g/mol. The summed E-state index contributed by atoms with van der Waals surface area (Å²) in [6, 6.07) is 25.6.